The molecule has 0 aliphatic rings. The van der Waals surface area contributed by atoms with Crippen LogP contribution in [0.25, 0.3) is 10.9 Å². The van der Waals surface area contributed by atoms with Crippen molar-refractivity contribution in [2.45, 2.75) is 12.5 Å². The molecule has 1 aromatic heterocycles. The van der Waals surface area contributed by atoms with Gasteiger partial charge in [-0.05, 0) is 12.1 Å². The molecule has 1 aromatic carbocycles. The molecular weight excluding hydrogens is 218 g/mol. The summed E-state index contributed by atoms with van der Waals surface area (Å²) < 4.78 is 4.50. The smallest absolute Gasteiger partial charge is 0.308 e. The molecule has 0 saturated carbocycles. The first-order chi connectivity index (χ1) is 8.20. The second-order valence-electron chi connectivity index (χ2n) is 3.72. The quantitative estimate of drug-likeness (QED) is 0.819. The zero-order valence-electron chi connectivity index (χ0n) is 9.46. The van der Waals surface area contributed by atoms with Crippen molar-refractivity contribution < 1.29 is 14.6 Å². The molecule has 1 heterocycles. The maximum absolute atomic E-state index is 11.0. The molecule has 1 N–H and O–H groups in total. The average molecular weight is 231 g/mol. The van der Waals surface area contributed by atoms with Gasteiger partial charge in [-0.25, -0.2) is 0 Å². The summed E-state index contributed by atoms with van der Waals surface area (Å²) in [5.74, 6) is -0.451. The average Bonchev–Trinajstić information content (AvgIpc) is 2.38. The topological polar surface area (TPSA) is 59.4 Å². The van der Waals surface area contributed by atoms with E-state index in [-0.39, 0.29) is 6.42 Å². The Bertz CT molecular complexity index is 539. The highest BCUT2D eigenvalue weighted by Crippen LogP contribution is 2.19. The van der Waals surface area contributed by atoms with Crippen molar-refractivity contribution in [3.05, 3.63) is 42.1 Å². The minimum Gasteiger partial charge on any atom is -0.469 e. The summed E-state index contributed by atoms with van der Waals surface area (Å²) >= 11 is 0. The highest BCUT2D eigenvalue weighted by Gasteiger charge is 2.14. The number of hydrogen-bond donors (Lipinski definition) is 1. The van der Waals surface area contributed by atoms with Crippen LogP contribution in [0.3, 0.4) is 0 Å². The lowest BCUT2D eigenvalue weighted by atomic mass is 10.1. The second kappa shape index (κ2) is 4.93. The lowest BCUT2D eigenvalue weighted by molar-refractivity contribution is -0.142. The summed E-state index contributed by atoms with van der Waals surface area (Å²) in [7, 11) is 1.29. The molecule has 2 aromatic rings. The van der Waals surface area contributed by atoms with E-state index in [1.807, 2.05) is 30.3 Å². The third kappa shape index (κ3) is 2.60. The van der Waals surface area contributed by atoms with Gasteiger partial charge in [-0.1, -0.05) is 24.3 Å². The molecule has 17 heavy (non-hydrogen) atoms. The number of aliphatic hydroxyl groups excluding tert-OH is 1. The van der Waals surface area contributed by atoms with Crippen LogP contribution >= 0.6 is 0 Å². The number of esters is 1. The summed E-state index contributed by atoms with van der Waals surface area (Å²) in [6.07, 6.45) is -1.01. The first kappa shape index (κ1) is 11.5. The standard InChI is InChI=1S/C13H13NO3/c1-17-13(16)8-12(15)11-7-6-9-4-2-3-5-10(9)14-11/h2-7,12,15H,8H2,1H3/t12-/m0/s1. The van der Waals surface area contributed by atoms with Gasteiger partial charge in [0.1, 0.15) is 6.10 Å². The number of rotatable bonds is 3. The number of pyridine rings is 1. The number of methoxy groups -OCH3 is 1. The SMILES string of the molecule is COC(=O)C[C@H](O)c1ccc2ccccc2n1. The molecule has 1 atom stereocenters. The summed E-state index contributed by atoms with van der Waals surface area (Å²) in [5.41, 5.74) is 1.28. The van der Waals surface area contributed by atoms with Crippen LogP contribution < -0.4 is 0 Å². The van der Waals surface area contributed by atoms with E-state index in [1.165, 1.54) is 7.11 Å². The highest BCUT2D eigenvalue weighted by molar-refractivity contribution is 5.78. The van der Waals surface area contributed by atoms with Gasteiger partial charge < -0.3 is 9.84 Å². The predicted octanol–water partition coefficient (Wildman–Crippen LogP) is 1.83. The third-order valence-corrected chi connectivity index (χ3v) is 2.55. The first-order valence-electron chi connectivity index (χ1n) is 5.31. The van der Waals surface area contributed by atoms with Crippen molar-refractivity contribution in [1.29, 1.82) is 0 Å². The number of carbonyl (C=O) groups is 1. The van der Waals surface area contributed by atoms with Gasteiger partial charge in [0.15, 0.2) is 0 Å². The molecule has 4 heteroatoms. The Morgan fingerprint density at radius 2 is 2.12 bits per heavy atom. The fourth-order valence-electron chi connectivity index (χ4n) is 1.61. The Balaban J connectivity index is 2.26. The Morgan fingerprint density at radius 3 is 2.88 bits per heavy atom. The molecule has 0 fully saturated rings. The molecule has 2 rings (SSSR count). The fraction of sp³-hybridized carbons (Fsp3) is 0.231. The van der Waals surface area contributed by atoms with Gasteiger partial charge in [-0.2, -0.15) is 0 Å². The van der Waals surface area contributed by atoms with Gasteiger partial charge in [0.05, 0.1) is 24.7 Å². The first-order valence-corrected chi connectivity index (χ1v) is 5.31. The highest BCUT2D eigenvalue weighted by atomic mass is 16.5. The van der Waals surface area contributed by atoms with Crippen molar-refractivity contribution in [2.24, 2.45) is 0 Å². The van der Waals surface area contributed by atoms with Crippen LogP contribution in [0.5, 0.6) is 0 Å². The molecule has 0 unspecified atom stereocenters. The van der Waals surface area contributed by atoms with Gasteiger partial charge in [-0.15, -0.1) is 0 Å². The van der Waals surface area contributed by atoms with E-state index < -0.39 is 12.1 Å². The van der Waals surface area contributed by atoms with Crippen molar-refractivity contribution in [2.75, 3.05) is 7.11 Å². The van der Waals surface area contributed by atoms with Crippen LogP contribution in [0.15, 0.2) is 36.4 Å². The number of ether oxygens (including phenoxy) is 1. The normalized spacial score (nSPS) is 12.4. The maximum Gasteiger partial charge on any atom is 0.308 e. The lowest BCUT2D eigenvalue weighted by Gasteiger charge is -2.09. The molecular formula is C13H13NO3. The zero-order valence-corrected chi connectivity index (χ0v) is 9.46. The van der Waals surface area contributed by atoms with Crippen molar-refractivity contribution >= 4 is 16.9 Å². The van der Waals surface area contributed by atoms with Crippen LogP contribution in [0.1, 0.15) is 18.2 Å². The molecule has 0 aliphatic heterocycles. The summed E-state index contributed by atoms with van der Waals surface area (Å²) in [4.78, 5) is 15.4. The van der Waals surface area contributed by atoms with Crippen molar-refractivity contribution in [1.82, 2.24) is 4.98 Å². The summed E-state index contributed by atoms with van der Waals surface area (Å²) in [5, 5.41) is 10.8. The van der Waals surface area contributed by atoms with Crippen LogP contribution in [0.2, 0.25) is 0 Å². The maximum atomic E-state index is 11.0. The molecule has 0 radical (unpaired) electrons. The van der Waals surface area contributed by atoms with Gasteiger partial charge in [0.25, 0.3) is 0 Å². The largest absolute Gasteiger partial charge is 0.469 e. The minimum atomic E-state index is -0.924. The Hall–Kier alpha value is -1.94. The third-order valence-electron chi connectivity index (χ3n) is 2.55. The van der Waals surface area contributed by atoms with Crippen LogP contribution in [0.4, 0.5) is 0 Å². The van der Waals surface area contributed by atoms with Crippen molar-refractivity contribution in [3.63, 3.8) is 0 Å². The predicted molar refractivity (Wildman–Crippen MR) is 63.3 cm³/mol. The Kier molecular flexibility index (Phi) is 3.35. The number of para-hydroxylation sites is 1. The number of fused-ring (bicyclic) bond motifs is 1. The van der Waals surface area contributed by atoms with Gasteiger partial charge in [0.2, 0.25) is 0 Å². The second-order valence-corrected chi connectivity index (χ2v) is 3.72. The van der Waals surface area contributed by atoms with E-state index in [9.17, 15) is 9.90 Å². The minimum absolute atomic E-state index is 0.0815. The van der Waals surface area contributed by atoms with E-state index in [1.54, 1.807) is 6.07 Å². The molecule has 0 bridgehead atoms. The molecule has 88 valence electrons. The Morgan fingerprint density at radius 1 is 1.35 bits per heavy atom. The van der Waals surface area contributed by atoms with Crippen LogP contribution in [-0.2, 0) is 9.53 Å². The van der Waals surface area contributed by atoms with E-state index >= 15 is 0 Å². The monoisotopic (exact) mass is 231 g/mol. The fourth-order valence-corrected chi connectivity index (χ4v) is 1.61. The summed E-state index contributed by atoms with van der Waals surface area (Å²) in [6.45, 7) is 0. The van der Waals surface area contributed by atoms with Crippen LogP contribution in [-0.4, -0.2) is 23.2 Å². The zero-order chi connectivity index (χ0) is 12.3. The molecule has 0 spiro atoms. The van der Waals surface area contributed by atoms with Gasteiger partial charge in [-0.3, -0.25) is 9.78 Å². The molecule has 0 aliphatic carbocycles. The molecule has 0 amide bonds. The number of nitrogens with zero attached hydrogens (tertiary/aromatic N) is 1. The van der Waals surface area contributed by atoms with E-state index in [4.69, 9.17) is 0 Å². The lowest BCUT2D eigenvalue weighted by Crippen LogP contribution is -2.09. The Labute approximate surface area is 98.9 Å². The number of aliphatic hydroxyl groups is 1. The summed E-state index contributed by atoms with van der Waals surface area (Å²) in [6, 6.07) is 11.2. The van der Waals surface area contributed by atoms with Gasteiger partial charge >= 0.3 is 5.97 Å². The van der Waals surface area contributed by atoms with E-state index in [2.05, 4.69) is 9.72 Å². The van der Waals surface area contributed by atoms with Crippen LogP contribution in [0, 0.1) is 0 Å². The molecule has 0 saturated heterocycles. The number of carbonyl (C=O) groups excluding carboxylic acids is 1. The molecule has 4 nitrogen and oxygen atoms in total. The van der Waals surface area contributed by atoms with E-state index in [0.29, 0.717) is 5.69 Å². The number of aromatic nitrogens is 1. The number of benzene rings is 1. The van der Waals surface area contributed by atoms with Crippen molar-refractivity contribution in [3.8, 4) is 0 Å². The van der Waals surface area contributed by atoms with Gasteiger partial charge in [0, 0.05) is 5.39 Å². The van der Waals surface area contributed by atoms with E-state index in [0.717, 1.165) is 10.9 Å². The number of hydrogen-bond acceptors (Lipinski definition) is 4.